The van der Waals surface area contributed by atoms with Gasteiger partial charge in [-0.25, -0.2) is 4.79 Å². The van der Waals surface area contributed by atoms with E-state index in [1.807, 2.05) is 46.8 Å². The van der Waals surface area contributed by atoms with Crippen LogP contribution >= 0.6 is 0 Å². The number of Topliss-reactive ketones (excluding diaryl/α,β-unsaturated/α-hetero) is 1. The van der Waals surface area contributed by atoms with Gasteiger partial charge in [0.1, 0.15) is 11.4 Å². The molecular formula is C19H27NO4. The monoisotopic (exact) mass is 333 g/mol. The Morgan fingerprint density at radius 2 is 1.75 bits per heavy atom. The number of ketones is 1. The van der Waals surface area contributed by atoms with Gasteiger partial charge in [-0.3, -0.25) is 4.79 Å². The van der Waals surface area contributed by atoms with Crippen LogP contribution in [0.2, 0.25) is 0 Å². The minimum absolute atomic E-state index is 0.0786. The van der Waals surface area contributed by atoms with Crippen LogP contribution in [-0.2, 0) is 4.74 Å². The van der Waals surface area contributed by atoms with Crippen molar-refractivity contribution in [1.82, 2.24) is 4.90 Å². The average molecular weight is 333 g/mol. The Morgan fingerprint density at radius 3 is 2.25 bits per heavy atom. The average Bonchev–Trinajstić information content (AvgIpc) is 2.94. The fraction of sp³-hybridized carbons (Fsp3) is 0.579. The van der Waals surface area contributed by atoms with E-state index >= 15 is 0 Å². The zero-order chi connectivity index (χ0) is 18.1. The van der Waals surface area contributed by atoms with Crippen molar-refractivity contribution in [3.05, 3.63) is 28.8 Å². The molecule has 0 saturated carbocycles. The Bertz CT molecular complexity index is 622. The Kier molecular flexibility index (Phi) is 5.21. The van der Waals surface area contributed by atoms with Crippen molar-refractivity contribution in [2.24, 2.45) is 5.92 Å². The minimum Gasteiger partial charge on any atom is -0.496 e. The highest BCUT2D eigenvalue weighted by Crippen LogP contribution is 2.28. The number of nitrogens with zero attached hydrogens (tertiary/aromatic N) is 1. The Labute approximate surface area is 143 Å². The van der Waals surface area contributed by atoms with Gasteiger partial charge in [0.25, 0.3) is 0 Å². The molecule has 0 spiro atoms. The molecule has 0 bridgehead atoms. The number of aryl methyl sites for hydroxylation is 2. The van der Waals surface area contributed by atoms with E-state index in [1.165, 1.54) is 0 Å². The number of benzene rings is 1. The molecule has 0 N–H and O–H groups in total. The molecule has 5 nitrogen and oxygen atoms in total. The summed E-state index contributed by atoms with van der Waals surface area (Å²) in [4.78, 5) is 26.5. The van der Waals surface area contributed by atoms with Crippen molar-refractivity contribution < 1.29 is 19.1 Å². The Hall–Kier alpha value is -2.04. The fourth-order valence-electron chi connectivity index (χ4n) is 3.12. The van der Waals surface area contributed by atoms with Crippen molar-refractivity contribution in [2.45, 2.75) is 46.6 Å². The van der Waals surface area contributed by atoms with Gasteiger partial charge in [0, 0.05) is 24.6 Å². The zero-order valence-electron chi connectivity index (χ0n) is 15.4. The van der Waals surface area contributed by atoms with E-state index in [4.69, 9.17) is 9.47 Å². The molecule has 1 fully saturated rings. The summed E-state index contributed by atoms with van der Waals surface area (Å²) in [6.45, 7) is 10.4. The summed E-state index contributed by atoms with van der Waals surface area (Å²) >= 11 is 0. The van der Waals surface area contributed by atoms with Crippen LogP contribution < -0.4 is 4.74 Å². The topological polar surface area (TPSA) is 55.8 Å². The van der Waals surface area contributed by atoms with Crippen molar-refractivity contribution in [1.29, 1.82) is 0 Å². The largest absolute Gasteiger partial charge is 0.496 e. The van der Waals surface area contributed by atoms with Gasteiger partial charge in [0.05, 0.1) is 7.11 Å². The molecule has 0 radical (unpaired) electrons. The van der Waals surface area contributed by atoms with Gasteiger partial charge in [0.2, 0.25) is 0 Å². The second-order valence-corrected chi connectivity index (χ2v) is 7.42. The van der Waals surface area contributed by atoms with E-state index in [2.05, 4.69) is 0 Å². The lowest BCUT2D eigenvalue weighted by Crippen LogP contribution is -2.35. The summed E-state index contributed by atoms with van der Waals surface area (Å²) in [6, 6.07) is 3.73. The van der Waals surface area contributed by atoms with Crippen molar-refractivity contribution in [3.63, 3.8) is 0 Å². The van der Waals surface area contributed by atoms with Gasteiger partial charge in [0.15, 0.2) is 5.78 Å². The third kappa shape index (κ3) is 4.08. The van der Waals surface area contributed by atoms with Crippen LogP contribution in [0.3, 0.4) is 0 Å². The molecule has 1 amide bonds. The first-order valence-electron chi connectivity index (χ1n) is 8.29. The Morgan fingerprint density at radius 1 is 1.17 bits per heavy atom. The third-order valence-electron chi connectivity index (χ3n) is 4.16. The van der Waals surface area contributed by atoms with Gasteiger partial charge in [-0.05, 0) is 64.3 Å². The van der Waals surface area contributed by atoms with Gasteiger partial charge >= 0.3 is 6.09 Å². The third-order valence-corrected chi connectivity index (χ3v) is 4.16. The molecule has 1 aliphatic rings. The second kappa shape index (κ2) is 6.83. The first-order chi connectivity index (χ1) is 11.1. The second-order valence-electron chi connectivity index (χ2n) is 7.42. The molecule has 0 aliphatic carbocycles. The van der Waals surface area contributed by atoms with Crippen LogP contribution in [0.5, 0.6) is 5.75 Å². The molecule has 24 heavy (non-hydrogen) atoms. The molecule has 1 aromatic carbocycles. The Balaban J connectivity index is 2.08. The van der Waals surface area contributed by atoms with Crippen LogP contribution in [0.15, 0.2) is 12.1 Å². The fourth-order valence-corrected chi connectivity index (χ4v) is 3.12. The highest BCUT2D eigenvalue weighted by atomic mass is 16.6. The maximum Gasteiger partial charge on any atom is 0.410 e. The summed E-state index contributed by atoms with van der Waals surface area (Å²) in [5.41, 5.74) is 2.05. The molecule has 1 saturated heterocycles. The van der Waals surface area contributed by atoms with Gasteiger partial charge in [-0.15, -0.1) is 0 Å². The molecule has 5 heteroatoms. The van der Waals surface area contributed by atoms with Crippen molar-refractivity contribution in [3.8, 4) is 5.75 Å². The molecule has 1 heterocycles. The van der Waals surface area contributed by atoms with Gasteiger partial charge in [-0.2, -0.15) is 0 Å². The van der Waals surface area contributed by atoms with Crippen LogP contribution in [0, 0.1) is 19.8 Å². The smallest absolute Gasteiger partial charge is 0.410 e. The molecule has 1 atom stereocenters. The first-order valence-corrected chi connectivity index (χ1v) is 8.29. The van der Waals surface area contributed by atoms with Crippen LogP contribution in [0.25, 0.3) is 0 Å². The number of carbonyl (C=O) groups is 2. The van der Waals surface area contributed by atoms with E-state index < -0.39 is 5.60 Å². The van der Waals surface area contributed by atoms with E-state index in [1.54, 1.807) is 12.0 Å². The quantitative estimate of drug-likeness (QED) is 0.791. The standard InChI is InChI=1S/C19H27NO4/c1-12-9-15(10-13(2)17(12)23-6)16(21)14-7-8-20(11-14)18(22)24-19(3,4)5/h9-10,14H,7-8,11H2,1-6H3/t14-/m0/s1. The maximum absolute atomic E-state index is 12.8. The van der Waals surface area contributed by atoms with Crippen LogP contribution in [0.1, 0.15) is 48.7 Å². The zero-order valence-corrected chi connectivity index (χ0v) is 15.4. The predicted octanol–water partition coefficient (Wildman–Crippen LogP) is 3.75. The van der Waals surface area contributed by atoms with Crippen LogP contribution in [0.4, 0.5) is 4.79 Å². The number of likely N-dealkylation sites (tertiary alicyclic amines) is 1. The lowest BCUT2D eigenvalue weighted by atomic mass is 9.94. The highest BCUT2D eigenvalue weighted by Gasteiger charge is 2.34. The summed E-state index contributed by atoms with van der Waals surface area (Å²) in [5, 5.41) is 0. The van der Waals surface area contributed by atoms with E-state index in [0.29, 0.717) is 25.1 Å². The summed E-state index contributed by atoms with van der Waals surface area (Å²) < 4.78 is 10.7. The first kappa shape index (κ1) is 18.3. The van der Waals surface area contributed by atoms with E-state index in [-0.39, 0.29) is 17.8 Å². The number of ether oxygens (including phenoxy) is 2. The summed E-state index contributed by atoms with van der Waals surface area (Å²) in [5.74, 6) is 0.716. The summed E-state index contributed by atoms with van der Waals surface area (Å²) in [6.07, 6.45) is 0.322. The molecule has 0 aromatic heterocycles. The number of hydrogen-bond acceptors (Lipinski definition) is 4. The number of rotatable bonds is 3. The molecule has 132 valence electrons. The van der Waals surface area contributed by atoms with Crippen molar-refractivity contribution in [2.75, 3.05) is 20.2 Å². The number of amides is 1. The maximum atomic E-state index is 12.8. The molecule has 2 rings (SSSR count). The lowest BCUT2D eigenvalue weighted by molar-refractivity contribution is 0.0289. The predicted molar refractivity (Wildman–Crippen MR) is 92.7 cm³/mol. The van der Waals surface area contributed by atoms with E-state index in [0.717, 1.165) is 16.9 Å². The number of hydrogen-bond donors (Lipinski definition) is 0. The highest BCUT2D eigenvalue weighted by molar-refractivity contribution is 5.99. The molecule has 0 unspecified atom stereocenters. The molecular weight excluding hydrogens is 306 g/mol. The van der Waals surface area contributed by atoms with Crippen molar-refractivity contribution >= 4 is 11.9 Å². The lowest BCUT2D eigenvalue weighted by Gasteiger charge is -2.24. The van der Waals surface area contributed by atoms with Gasteiger partial charge < -0.3 is 14.4 Å². The van der Waals surface area contributed by atoms with E-state index in [9.17, 15) is 9.59 Å². The SMILES string of the molecule is COc1c(C)cc(C(=O)[C@H]2CCN(C(=O)OC(C)(C)C)C2)cc1C. The number of carbonyl (C=O) groups excluding carboxylic acids is 2. The molecule has 1 aliphatic heterocycles. The van der Waals surface area contributed by atoms with Crippen LogP contribution in [-0.4, -0.2) is 42.6 Å². The molecule has 1 aromatic rings. The normalized spacial score (nSPS) is 17.8. The minimum atomic E-state index is -0.524. The van der Waals surface area contributed by atoms with Gasteiger partial charge in [-0.1, -0.05) is 0 Å². The summed E-state index contributed by atoms with van der Waals surface area (Å²) in [7, 11) is 1.63. The number of methoxy groups -OCH3 is 1.